The number of nitrogens with one attached hydrogen (secondary N) is 2. The van der Waals surface area contributed by atoms with Gasteiger partial charge in [0.25, 0.3) is 0 Å². The quantitative estimate of drug-likeness (QED) is 0.622. The molecule has 98 valence electrons. The van der Waals surface area contributed by atoms with Crippen molar-refractivity contribution < 1.29 is 14.0 Å². The van der Waals surface area contributed by atoms with Crippen molar-refractivity contribution in [2.45, 2.75) is 26.2 Å². The van der Waals surface area contributed by atoms with Gasteiger partial charge in [-0.2, -0.15) is 0 Å². The molecule has 0 fully saturated rings. The van der Waals surface area contributed by atoms with Crippen LogP contribution >= 0.6 is 0 Å². The summed E-state index contributed by atoms with van der Waals surface area (Å²) < 4.78 is 12.6. The SMILES string of the molecule is CCCCCNC(=O)C(=O)Nc1ccc(F)cc1. The van der Waals surface area contributed by atoms with Gasteiger partial charge in [-0.15, -0.1) is 0 Å². The van der Waals surface area contributed by atoms with Crippen molar-refractivity contribution in [1.82, 2.24) is 5.32 Å². The van der Waals surface area contributed by atoms with E-state index >= 15 is 0 Å². The average Bonchev–Trinajstić information content (AvgIpc) is 2.37. The highest BCUT2D eigenvalue weighted by atomic mass is 19.1. The van der Waals surface area contributed by atoms with E-state index < -0.39 is 17.6 Å². The average molecular weight is 252 g/mol. The van der Waals surface area contributed by atoms with Gasteiger partial charge in [-0.1, -0.05) is 19.8 Å². The summed E-state index contributed by atoms with van der Waals surface area (Å²) in [5, 5.41) is 4.92. The van der Waals surface area contributed by atoms with Gasteiger partial charge in [0.1, 0.15) is 5.82 Å². The fourth-order valence-corrected chi connectivity index (χ4v) is 1.38. The molecule has 18 heavy (non-hydrogen) atoms. The van der Waals surface area contributed by atoms with Crippen LogP contribution in [0, 0.1) is 5.82 Å². The third-order valence-electron chi connectivity index (χ3n) is 2.37. The van der Waals surface area contributed by atoms with Crippen LogP contribution in [0.3, 0.4) is 0 Å². The van der Waals surface area contributed by atoms with E-state index in [9.17, 15) is 14.0 Å². The monoisotopic (exact) mass is 252 g/mol. The first-order chi connectivity index (χ1) is 8.63. The molecule has 0 saturated heterocycles. The molecule has 0 atom stereocenters. The predicted octanol–water partition coefficient (Wildman–Crippen LogP) is 2.07. The maximum atomic E-state index is 12.6. The van der Waals surface area contributed by atoms with Crippen LogP contribution in [-0.4, -0.2) is 18.4 Å². The summed E-state index contributed by atoms with van der Waals surface area (Å²) in [7, 11) is 0. The third-order valence-corrected chi connectivity index (χ3v) is 2.37. The Morgan fingerprint density at radius 3 is 2.39 bits per heavy atom. The number of carbonyl (C=O) groups is 2. The van der Waals surface area contributed by atoms with Crippen LogP contribution in [0.4, 0.5) is 10.1 Å². The summed E-state index contributed by atoms with van der Waals surface area (Å²) in [5.41, 5.74) is 0.394. The van der Waals surface area contributed by atoms with Gasteiger partial charge in [-0.25, -0.2) is 4.39 Å². The molecule has 1 aromatic rings. The number of carbonyl (C=O) groups excluding carboxylic acids is 2. The Kier molecular flexibility index (Phi) is 5.84. The van der Waals surface area contributed by atoms with Gasteiger partial charge in [0.15, 0.2) is 0 Å². The summed E-state index contributed by atoms with van der Waals surface area (Å²) in [6.07, 6.45) is 2.92. The molecule has 4 nitrogen and oxygen atoms in total. The third kappa shape index (κ3) is 4.95. The van der Waals surface area contributed by atoms with Crippen molar-refractivity contribution in [3.05, 3.63) is 30.1 Å². The molecule has 5 heteroatoms. The second-order valence-corrected chi connectivity index (χ2v) is 3.92. The van der Waals surface area contributed by atoms with E-state index in [1.54, 1.807) is 0 Å². The molecule has 0 spiro atoms. The van der Waals surface area contributed by atoms with Crippen molar-refractivity contribution in [1.29, 1.82) is 0 Å². The number of benzene rings is 1. The first kappa shape index (κ1) is 14.2. The molecule has 0 unspecified atom stereocenters. The lowest BCUT2D eigenvalue weighted by Crippen LogP contribution is -2.35. The molecular formula is C13H17FN2O2. The minimum Gasteiger partial charge on any atom is -0.348 e. The van der Waals surface area contributed by atoms with Crippen LogP contribution in [0.25, 0.3) is 0 Å². The fraction of sp³-hybridized carbons (Fsp3) is 0.385. The van der Waals surface area contributed by atoms with E-state index in [-0.39, 0.29) is 0 Å². The molecule has 1 aromatic carbocycles. The Morgan fingerprint density at radius 1 is 1.11 bits per heavy atom. The molecule has 0 saturated carbocycles. The molecule has 0 heterocycles. The van der Waals surface area contributed by atoms with E-state index in [0.29, 0.717) is 12.2 Å². The lowest BCUT2D eigenvalue weighted by atomic mass is 10.2. The molecule has 0 radical (unpaired) electrons. The zero-order valence-corrected chi connectivity index (χ0v) is 10.3. The molecule has 2 amide bonds. The molecule has 0 aliphatic heterocycles. The zero-order chi connectivity index (χ0) is 13.4. The number of hydrogen-bond donors (Lipinski definition) is 2. The van der Waals surface area contributed by atoms with Crippen LogP contribution in [0.15, 0.2) is 24.3 Å². The maximum absolute atomic E-state index is 12.6. The number of unbranched alkanes of at least 4 members (excludes halogenated alkanes) is 2. The molecule has 0 bridgehead atoms. The van der Waals surface area contributed by atoms with Gasteiger partial charge >= 0.3 is 11.8 Å². The minimum atomic E-state index is -0.738. The molecule has 0 aliphatic rings. The summed E-state index contributed by atoms with van der Waals surface area (Å²) in [5.74, 6) is -1.80. The number of amides is 2. The van der Waals surface area contributed by atoms with Gasteiger partial charge in [-0.3, -0.25) is 9.59 Å². The number of halogens is 1. The van der Waals surface area contributed by atoms with Crippen LogP contribution in [0.5, 0.6) is 0 Å². The summed E-state index contributed by atoms with van der Waals surface area (Å²) >= 11 is 0. The number of rotatable bonds is 5. The zero-order valence-electron chi connectivity index (χ0n) is 10.3. The Hall–Kier alpha value is -1.91. The van der Waals surface area contributed by atoms with Crippen molar-refractivity contribution in [2.75, 3.05) is 11.9 Å². The maximum Gasteiger partial charge on any atom is 0.313 e. The van der Waals surface area contributed by atoms with Gasteiger partial charge in [0, 0.05) is 12.2 Å². The number of anilines is 1. The fourth-order valence-electron chi connectivity index (χ4n) is 1.38. The smallest absolute Gasteiger partial charge is 0.313 e. The van der Waals surface area contributed by atoms with Crippen molar-refractivity contribution >= 4 is 17.5 Å². The molecular weight excluding hydrogens is 235 g/mol. The second-order valence-electron chi connectivity index (χ2n) is 3.92. The lowest BCUT2D eigenvalue weighted by Gasteiger charge is -2.06. The highest BCUT2D eigenvalue weighted by Gasteiger charge is 2.12. The van der Waals surface area contributed by atoms with Gasteiger partial charge in [0.05, 0.1) is 0 Å². The summed E-state index contributed by atoms with van der Waals surface area (Å²) in [6, 6.07) is 5.23. The lowest BCUT2D eigenvalue weighted by molar-refractivity contribution is -0.136. The Morgan fingerprint density at radius 2 is 1.78 bits per heavy atom. The van der Waals surface area contributed by atoms with Crippen LogP contribution in [0.2, 0.25) is 0 Å². The Labute approximate surface area is 106 Å². The van der Waals surface area contributed by atoms with E-state index in [1.807, 2.05) is 0 Å². The Bertz CT molecular complexity index is 404. The van der Waals surface area contributed by atoms with E-state index in [4.69, 9.17) is 0 Å². The van der Waals surface area contributed by atoms with Crippen LogP contribution in [0.1, 0.15) is 26.2 Å². The van der Waals surface area contributed by atoms with E-state index in [0.717, 1.165) is 19.3 Å². The number of hydrogen-bond acceptors (Lipinski definition) is 2. The molecule has 2 N–H and O–H groups in total. The first-order valence-electron chi connectivity index (χ1n) is 5.98. The predicted molar refractivity (Wildman–Crippen MR) is 67.6 cm³/mol. The first-order valence-corrected chi connectivity index (χ1v) is 5.98. The van der Waals surface area contributed by atoms with Crippen molar-refractivity contribution in [3.63, 3.8) is 0 Å². The highest BCUT2D eigenvalue weighted by Crippen LogP contribution is 2.07. The summed E-state index contributed by atoms with van der Waals surface area (Å²) in [6.45, 7) is 2.55. The second kappa shape index (κ2) is 7.42. The van der Waals surface area contributed by atoms with Crippen LogP contribution < -0.4 is 10.6 Å². The molecule has 0 aliphatic carbocycles. The molecule has 1 rings (SSSR count). The van der Waals surface area contributed by atoms with E-state index in [2.05, 4.69) is 17.6 Å². The van der Waals surface area contributed by atoms with Crippen molar-refractivity contribution in [3.8, 4) is 0 Å². The van der Waals surface area contributed by atoms with Crippen molar-refractivity contribution in [2.24, 2.45) is 0 Å². The Balaban J connectivity index is 2.35. The standard InChI is InChI=1S/C13H17FN2O2/c1-2-3-4-9-15-12(17)13(18)16-11-7-5-10(14)6-8-11/h5-8H,2-4,9H2,1H3,(H,15,17)(H,16,18). The largest absolute Gasteiger partial charge is 0.348 e. The molecule has 0 aromatic heterocycles. The van der Waals surface area contributed by atoms with E-state index in [1.165, 1.54) is 24.3 Å². The summed E-state index contributed by atoms with van der Waals surface area (Å²) in [4.78, 5) is 22.8. The van der Waals surface area contributed by atoms with Gasteiger partial charge in [0.2, 0.25) is 0 Å². The van der Waals surface area contributed by atoms with Gasteiger partial charge < -0.3 is 10.6 Å². The van der Waals surface area contributed by atoms with Gasteiger partial charge in [-0.05, 0) is 30.7 Å². The normalized spacial score (nSPS) is 9.89. The minimum absolute atomic E-state index is 0.392. The highest BCUT2D eigenvalue weighted by molar-refractivity contribution is 6.39. The van der Waals surface area contributed by atoms with Crippen LogP contribution in [-0.2, 0) is 9.59 Å². The topological polar surface area (TPSA) is 58.2 Å².